The highest BCUT2D eigenvalue weighted by molar-refractivity contribution is 5.75. The molecule has 0 radical (unpaired) electrons. The van der Waals surface area contributed by atoms with Gasteiger partial charge in [0.15, 0.2) is 0 Å². The van der Waals surface area contributed by atoms with Crippen LogP contribution in [-0.4, -0.2) is 47.8 Å². The molecule has 2 fully saturated rings. The first-order valence-electron chi connectivity index (χ1n) is 5.53. The average molecular weight is 210 g/mol. The molecule has 0 atom stereocenters. The van der Waals surface area contributed by atoms with Crippen LogP contribution >= 0.6 is 0 Å². The zero-order chi connectivity index (χ0) is 11.1. The first kappa shape index (κ1) is 10.5. The Labute approximate surface area is 90.2 Å². The Morgan fingerprint density at radius 1 is 0.933 bits per heavy atom. The number of carbonyl (C=O) groups excluding carboxylic acids is 2. The maximum absolute atomic E-state index is 11.2. The van der Waals surface area contributed by atoms with Gasteiger partial charge in [-0.3, -0.25) is 9.59 Å². The lowest BCUT2D eigenvalue weighted by molar-refractivity contribution is -0.147. The molecule has 2 rings (SSSR count). The van der Waals surface area contributed by atoms with Gasteiger partial charge in [0, 0.05) is 45.4 Å². The Morgan fingerprint density at radius 2 is 1.40 bits per heavy atom. The van der Waals surface area contributed by atoms with E-state index in [0.29, 0.717) is 5.41 Å². The monoisotopic (exact) mass is 210 g/mol. The van der Waals surface area contributed by atoms with E-state index >= 15 is 0 Å². The van der Waals surface area contributed by atoms with Gasteiger partial charge in [0.2, 0.25) is 11.8 Å². The van der Waals surface area contributed by atoms with Crippen molar-refractivity contribution in [2.45, 2.75) is 26.7 Å². The summed E-state index contributed by atoms with van der Waals surface area (Å²) in [5.41, 5.74) is 0.331. The van der Waals surface area contributed by atoms with Crippen molar-refractivity contribution in [3.63, 3.8) is 0 Å². The fourth-order valence-corrected chi connectivity index (χ4v) is 2.60. The quantitative estimate of drug-likeness (QED) is 0.583. The molecule has 0 bridgehead atoms. The molecule has 0 aliphatic carbocycles. The summed E-state index contributed by atoms with van der Waals surface area (Å²) in [5.74, 6) is 0.349. The van der Waals surface area contributed by atoms with Crippen molar-refractivity contribution < 1.29 is 9.59 Å². The van der Waals surface area contributed by atoms with Gasteiger partial charge in [-0.1, -0.05) is 0 Å². The second kappa shape index (κ2) is 3.51. The molecule has 0 aromatic carbocycles. The van der Waals surface area contributed by atoms with E-state index < -0.39 is 0 Å². The highest BCUT2D eigenvalue weighted by Crippen LogP contribution is 2.40. The van der Waals surface area contributed by atoms with E-state index in [1.807, 2.05) is 9.80 Å². The molecule has 2 aliphatic heterocycles. The first-order chi connectivity index (χ1) is 7.02. The van der Waals surface area contributed by atoms with Gasteiger partial charge in [-0.05, 0) is 12.8 Å². The summed E-state index contributed by atoms with van der Waals surface area (Å²) >= 11 is 0. The zero-order valence-corrected chi connectivity index (χ0v) is 9.45. The van der Waals surface area contributed by atoms with E-state index in [1.165, 1.54) is 0 Å². The lowest BCUT2D eigenvalue weighted by Crippen LogP contribution is -2.61. The van der Waals surface area contributed by atoms with Crippen LogP contribution in [0.3, 0.4) is 0 Å². The van der Waals surface area contributed by atoms with Gasteiger partial charge in [-0.25, -0.2) is 0 Å². The molecule has 0 aromatic rings. The summed E-state index contributed by atoms with van der Waals surface area (Å²) in [5, 5.41) is 0. The van der Waals surface area contributed by atoms with Gasteiger partial charge in [0.25, 0.3) is 0 Å². The van der Waals surface area contributed by atoms with Crippen LogP contribution in [0.25, 0.3) is 0 Å². The van der Waals surface area contributed by atoms with Gasteiger partial charge in [0.1, 0.15) is 0 Å². The topological polar surface area (TPSA) is 40.6 Å². The van der Waals surface area contributed by atoms with Crippen LogP contribution in [0.15, 0.2) is 0 Å². The van der Waals surface area contributed by atoms with Gasteiger partial charge in [-0.2, -0.15) is 0 Å². The van der Waals surface area contributed by atoms with Crippen molar-refractivity contribution in [2.75, 3.05) is 26.2 Å². The molecule has 2 heterocycles. The lowest BCUT2D eigenvalue weighted by Gasteiger charge is -2.53. The van der Waals surface area contributed by atoms with E-state index in [4.69, 9.17) is 0 Å². The average Bonchev–Trinajstić information content (AvgIpc) is 2.13. The van der Waals surface area contributed by atoms with Crippen LogP contribution in [0.1, 0.15) is 26.7 Å². The van der Waals surface area contributed by atoms with Gasteiger partial charge in [0.05, 0.1) is 0 Å². The lowest BCUT2D eigenvalue weighted by atomic mass is 9.72. The number of rotatable bonds is 0. The first-order valence-corrected chi connectivity index (χ1v) is 5.53. The van der Waals surface area contributed by atoms with Crippen LogP contribution in [0, 0.1) is 5.41 Å². The number of nitrogens with zero attached hydrogens (tertiary/aromatic N) is 2. The zero-order valence-electron chi connectivity index (χ0n) is 9.45. The highest BCUT2D eigenvalue weighted by Gasteiger charge is 2.45. The Kier molecular flexibility index (Phi) is 2.44. The molecule has 15 heavy (non-hydrogen) atoms. The van der Waals surface area contributed by atoms with Crippen molar-refractivity contribution in [1.82, 2.24) is 9.80 Å². The third kappa shape index (κ3) is 1.85. The number of hydrogen-bond donors (Lipinski definition) is 0. The molecule has 0 N–H and O–H groups in total. The largest absolute Gasteiger partial charge is 0.343 e. The standard InChI is InChI=1S/C11H18N2O2/c1-9(14)12-5-3-11(4-6-12)7-13(8-11)10(2)15/h3-8H2,1-2H3. The molecule has 2 amide bonds. The second-order valence-corrected chi connectivity index (χ2v) is 4.88. The predicted molar refractivity (Wildman–Crippen MR) is 56.2 cm³/mol. The minimum Gasteiger partial charge on any atom is -0.343 e. The molecule has 4 heteroatoms. The summed E-state index contributed by atoms with van der Waals surface area (Å²) < 4.78 is 0. The highest BCUT2D eigenvalue weighted by atomic mass is 16.2. The predicted octanol–water partition coefficient (Wildman–Crippen LogP) is 0.477. The van der Waals surface area contributed by atoms with Crippen LogP contribution in [0.5, 0.6) is 0 Å². The number of likely N-dealkylation sites (tertiary alicyclic amines) is 2. The Morgan fingerprint density at radius 3 is 1.80 bits per heavy atom. The van der Waals surface area contributed by atoms with Crippen LogP contribution in [0.4, 0.5) is 0 Å². The maximum atomic E-state index is 11.2. The summed E-state index contributed by atoms with van der Waals surface area (Å²) in [7, 11) is 0. The van der Waals surface area contributed by atoms with Crippen molar-refractivity contribution in [1.29, 1.82) is 0 Å². The Balaban J connectivity index is 1.85. The molecular formula is C11H18N2O2. The summed E-state index contributed by atoms with van der Waals surface area (Å²) in [4.78, 5) is 26.0. The summed E-state index contributed by atoms with van der Waals surface area (Å²) in [6.07, 6.45) is 2.10. The van der Waals surface area contributed by atoms with Crippen LogP contribution in [-0.2, 0) is 9.59 Å². The maximum Gasteiger partial charge on any atom is 0.219 e. The van der Waals surface area contributed by atoms with Crippen molar-refractivity contribution in [2.24, 2.45) is 5.41 Å². The van der Waals surface area contributed by atoms with Crippen molar-refractivity contribution in [3.8, 4) is 0 Å². The normalized spacial score (nSPS) is 23.9. The molecule has 84 valence electrons. The fraction of sp³-hybridized carbons (Fsp3) is 0.818. The number of piperidine rings is 1. The van der Waals surface area contributed by atoms with Gasteiger partial charge in [-0.15, -0.1) is 0 Å². The number of amides is 2. The molecular weight excluding hydrogens is 192 g/mol. The Hall–Kier alpha value is -1.06. The van der Waals surface area contributed by atoms with Gasteiger partial charge >= 0.3 is 0 Å². The van der Waals surface area contributed by atoms with Gasteiger partial charge < -0.3 is 9.80 Å². The van der Waals surface area contributed by atoms with E-state index in [1.54, 1.807) is 13.8 Å². The fourth-order valence-electron chi connectivity index (χ4n) is 2.60. The minimum absolute atomic E-state index is 0.174. The molecule has 2 aliphatic rings. The molecule has 4 nitrogen and oxygen atoms in total. The summed E-state index contributed by atoms with van der Waals surface area (Å²) in [6.45, 7) is 6.77. The third-order valence-corrected chi connectivity index (χ3v) is 3.77. The van der Waals surface area contributed by atoms with E-state index in [0.717, 1.165) is 39.0 Å². The van der Waals surface area contributed by atoms with Crippen molar-refractivity contribution in [3.05, 3.63) is 0 Å². The third-order valence-electron chi connectivity index (χ3n) is 3.77. The molecule has 0 unspecified atom stereocenters. The molecule has 0 aromatic heterocycles. The van der Waals surface area contributed by atoms with Crippen molar-refractivity contribution >= 4 is 11.8 Å². The number of carbonyl (C=O) groups is 2. The van der Waals surface area contributed by atoms with Crippen LogP contribution in [0.2, 0.25) is 0 Å². The minimum atomic E-state index is 0.174. The van der Waals surface area contributed by atoms with E-state index in [9.17, 15) is 9.59 Å². The molecule has 2 saturated heterocycles. The summed E-state index contributed by atoms with van der Waals surface area (Å²) in [6, 6.07) is 0. The SMILES string of the molecule is CC(=O)N1CCC2(CC1)CN(C(C)=O)C2. The Bertz CT molecular complexity index is 285. The second-order valence-electron chi connectivity index (χ2n) is 4.88. The van der Waals surface area contributed by atoms with Crippen LogP contribution < -0.4 is 0 Å². The molecule has 0 saturated carbocycles. The van der Waals surface area contributed by atoms with E-state index in [-0.39, 0.29) is 11.8 Å². The van der Waals surface area contributed by atoms with E-state index in [2.05, 4.69) is 0 Å². The number of hydrogen-bond acceptors (Lipinski definition) is 2. The smallest absolute Gasteiger partial charge is 0.219 e. The molecule has 1 spiro atoms.